The van der Waals surface area contributed by atoms with E-state index in [9.17, 15) is 0 Å². The van der Waals surface area contributed by atoms with Gasteiger partial charge in [0, 0.05) is 6.42 Å². The molecule has 0 aliphatic heterocycles. The van der Waals surface area contributed by atoms with E-state index < -0.39 is 0 Å². The number of aryl methyl sites for hydroxylation is 2. The largest absolute Gasteiger partial charge is 0.0620 e. The average molecular weight is 303 g/mol. The second-order valence-corrected chi connectivity index (χ2v) is 7.46. The lowest BCUT2D eigenvalue weighted by Crippen LogP contribution is -2.07. The lowest BCUT2D eigenvalue weighted by Gasteiger charge is -2.19. The van der Waals surface area contributed by atoms with Crippen LogP contribution in [0.4, 0.5) is 0 Å². The highest BCUT2D eigenvalue weighted by Crippen LogP contribution is 2.43. The first-order valence-corrected chi connectivity index (χ1v) is 8.76. The number of rotatable bonds is 3. The first-order valence-electron chi connectivity index (χ1n) is 8.76. The van der Waals surface area contributed by atoms with E-state index >= 15 is 0 Å². The molecule has 2 aromatic carbocycles. The number of hydrogen-bond donors (Lipinski definition) is 0. The van der Waals surface area contributed by atoms with Gasteiger partial charge in [-0.15, -0.1) is 0 Å². The normalized spacial score (nSPS) is 13.9. The molecule has 0 N–H and O–H groups in total. The average Bonchev–Trinajstić information content (AvgIpc) is 2.98. The van der Waals surface area contributed by atoms with Crippen LogP contribution < -0.4 is 0 Å². The van der Waals surface area contributed by atoms with Crippen molar-refractivity contribution in [3.63, 3.8) is 0 Å². The Labute approximate surface area is 141 Å². The van der Waals surface area contributed by atoms with Gasteiger partial charge >= 0.3 is 0 Å². The van der Waals surface area contributed by atoms with Crippen LogP contribution in [0.5, 0.6) is 0 Å². The molecule has 0 heterocycles. The molecular formula is C23H27. The van der Waals surface area contributed by atoms with Crippen molar-refractivity contribution in [3.05, 3.63) is 70.6 Å². The monoisotopic (exact) mass is 303 g/mol. The van der Waals surface area contributed by atoms with Gasteiger partial charge in [-0.25, -0.2) is 0 Å². The van der Waals surface area contributed by atoms with E-state index in [4.69, 9.17) is 0 Å². The zero-order valence-corrected chi connectivity index (χ0v) is 15.0. The number of fused-ring (bicyclic) bond motifs is 1. The standard InChI is InChI=1S/C23H27/c1-6-16-10-8-9-11-20(16)22-17(7-2)12-13-18-14-19(15-21(18)22)23(3,4)5/h8-15H,6-7H2,1-5H3. The number of benzene rings is 2. The molecule has 0 unspecified atom stereocenters. The summed E-state index contributed by atoms with van der Waals surface area (Å²) >= 11 is 0. The molecular weight excluding hydrogens is 276 g/mol. The van der Waals surface area contributed by atoms with Crippen molar-refractivity contribution in [1.82, 2.24) is 0 Å². The third-order valence-electron chi connectivity index (χ3n) is 4.89. The molecule has 1 radical (unpaired) electrons. The van der Waals surface area contributed by atoms with Gasteiger partial charge in [-0.2, -0.15) is 0 Å². The predicted molar refractivity (Wildman–Crippen MR) is 101 cm³/mol. The zero-order valence-electron chi connectivity index (χ0n) is 15.0. The summed E-state index contributed by atoms with van der Waals surface area (Å²) in [6.07, 6.45) is 6.92. The van der Waals surface area contributed by atoms with E-state index in [0.29, 0.717) is 0 Å². The molecule has 0 heteroatoms. The fraction of sp³-hybridized carbons (Fsp3) is 0.348. The molecule has 0 aromatic heterocycles. The van der Waals surface area contributed by atoms with Gasteiger partial charge in [0.1, 0.15) is 0 Å². The maximum Gasteiger partial charge on any atom is 0.0170 e. The Morgan fingerprint density at radius 1 is 0.826 bits per heavy atom. The predicted octanol–water partition coefficient (Wildman–Crippen LogP) is 6.47. The summed E-state index contributed by atoms with van der Waals surface area (Å²) in [6, 6.07) is 13.5. The number of allylic oxidation sites excluding steroid dienone is 1. The first kappa shape index (κ1) is 16.1. The highest BCUT2D eigenvalue weighted by molar-refractivity contribution is 5.86. The fourth-order valence-electron chi connectivity index (χ4n) is 3.45. The Bertz CT molecular complexity index is 754. The van der Waals surface area contributed by atoms with Crippen LogP contribution in [0.3, 0.4) is 0 Å². The Hall–Kier alpha value is -1.82. The van der Waals surface area contributed by atoms with E-state index in [0.717, 1.165) is 12.8 Å². The Morgan fingerprint density at radius 3 is 2.17 bits per heavy atom. The molecule has 0 saturated heterocycles. The summed E-state index contributed by atoms with van der Waals surface area (Å²) in [4.78, 5) is 0. The van der Waals surface area contributed by atoms with Crippen LogP contribution in [0.2, 0.25) is 0 Å². The van der Waals surface area contributed by atoms with Crippen molar-refractivity contribution in [1.29, 1.82) is 0 Å². The summed E-state index contributed by atoms with van der Waals surface area (Å²) in [5.41, 5.74) is 10.1. The summed E-state index contributed by atoms with van der Waals surface area (Å²) in [7, 11) is 0. The molecule has 119 valence electrons. The first-order chi connectivity index (χ1) is 11.0. The molecule has 0 bridgehead atoms. The Balaban J connectivity index is 2.26. The third kappa shape index (κ3) is 2.87. The van der Waals surface area contributed by atoms with Gasteiger partial charge in [0.25, 0.3) is 0 Å². The van der Waals surface area contributed by atoms with Gasteiger partial charge < -0.3 is 0 Å². The highest BCUT2D eigenvalue weighted by Gasteiger charge is 2.26. The van der Waals surface area contributed by atoms with Gasteiger partial charge in [0.05, 0.1) is 0 Å². The van der Waals surface area contributed by atoms with Crippen molar-refractivity contribution >= 4 is 6.08 Å². The summed E-state index contributed by atoms with van der Waals surface area (Å²) in [5, 5.41) is 0. The minimum Gasteiger partial charge on any atom is -0.0620 e. The minimum atomic E-state index is 0.187. The highest BCUT2D eigenvalue weighted by atomic mass is 14.3. The fourth-order valence-corrected chi connectivity index (χ4v) is 3.45. The van der Waals surface area contributed by atoms with Crippen molar-refractivity contribution < 1.29 is 0 Å². The summed E-state index contributed by atoms with van der Waals surface area (Å²) in [5.74, 6) is 0. The second-order valence-electron chi connectivity index (χ2n) is 7.46. The van der Waals surface area contributed by atoms with Crippen LogP contribution in [-0.2, 0) is 12.8 Å². The lowest BCUT2D eigenvalue weighted by atomic mass is 9.85. The second kappa shape index (κ2) is 6.00. The van der Waals surface area contributed by atoms with Crippen molar-refractivity contribution in [2.24, 2.45) is 5.41 Å². The molecule has 0 amide bonds. The third-order valence-corrected chi connectivity index (χ3v) is 4.89. The van der Waals surface area contributed by atoms with Crippen LogP contribution in [-0.4, -0.2) is 0 Å². The Kier molecular flexibility index (Phi) is 4.19. The van der Waals surface area contributed by atoms with Gasteiger partial charge in [-0.05, 0) is 51.6 Å². The van der Waals surface area contributed by atoms with Crippen molar-refractivity contribution in [2.45, 2.75) is 47.5 Å². The van der Waals surface area contributed by atoms with E-state index in [1.165, 1.54) is 39.0 Å². The van der Waals surface area contributed by atoms with Gasteiger partial charge in [-0.1, -0.05) is 82.7 Å². The van der Waals surface area contributed by atoms with E-state index in [1.54, 1.807) is 0 Å². The van der Waals surface area contributed by atoms with Crippen LogP contribution in [0, 0.1) is 11.8 Å². The summed E-state index contributed by atoms with van der Waals surface area (Å²) < 4.78 is 0. The van der Waals surface area contributed by atoms with Gasteiger partial charge in [-0.3, -0.25) is 0 Å². The summed E-state index contributed by atoms with van der Waals surface area (Å²) in [6.45, 7) is 11.4. The van der Waals surface area contributed by atoms with Crippen LogP contribution in [0.25, 0.3) is 17.2 Å². The maximum absolute atomic E-state index is 2.41. The molecule has 0 spiro atoms. The zero-order chi connectivity index (χ0) is 16.6. The molecule has 1 aliphatic carbocycles. The van der Waals surface area contributed by atoms with Crippen LogP contribution in [0.1, 0.15) is 56.9 Å². The smallest absolute Gasteiger partial charge is 0.0170 e. The van der Waals surface area contributed by atoms with Crippen LogP contribution >= 0.6 is 0 Å². The molecule has 0 atom stereocenters. The lowest BCUT2D eigenvalue weighted by molar-refractivity contribution is 0.516. The van der Waals surface area contributed by atoms with Crippen molar-refractivity contribution in [3.8, 4) is 11.1 Å². The quantitative estimate of drug-likeness (QED) is 0.609. The van der Waals surface area contributed by atoms with E-state index in [1.807, 2.05) is 0 Å². The Morgan fingerprint density at radius 2 is 1.52 bits per heavy atom. The van der Waals surface area contributed by atoms with Crippen LogP contribution in [0.15, 0.2) is 42.0 Å². The molecule has 2 aromatic rings. The van der Waals surface area contributed by atoms with Crippen molar-refractivity contribution in [2.75, 3.05) is 0 Å². The topological polar surface area (TPSA) is 0 Å². The minimum absolute atomic E-state index is 0.187. The SMILES string of the molecule is CCc1ccccc1-c1c(CC)ccc2c1C=C(C(C)(C)C)[CH]2. The van der Waals surface area contributed by atoms with Gasteiger partial charge in [0.15, 0.2) is 0 Å². The number of hydrogen-bond acceptors (Lipinski definition) is 0. The van der Waals surface area contributed by atoms with Gasteiger partial charge in [0.2, 0.25) is 0 Å². The molecule has 0 saturated carbocycles. The molecule has 0 nitrogen and oxygen atoms in total. The molecule has 1 aliphatic rings. The van der Waals surface area contributed by atoms with E-state index in [2.05, 4.69) is 83.5 Å². The molecule has 3 rings (SSSR count). The maximum atomic E-state index is 2.41. The van der Waals surface area contributed by atoms with E-state index in [-0.39, 0.29) is 5.41 Å². The molecule has 0 fully saturated rings. The molecule has 23 heavy (non-hydrogen) atoms.